The van der Waals surface area contributed by atoms with Crippen LogP contribution in [-0.4, -0.2) is 18.8 Å². The molecule has 0 bridgehead atoms. The van der Waals surface area contributed by atoms with Crippen molar-refractivity contribution in [3.05, 3.63) is 29.3 Å². The maximum Gasteiger partial charge on any atom is 0.253 e. The monoisotopic (exact) mass is 231 g/mol. The van der Waals surface area contributed by atoms with Crippen molar-refractivity contribution < 1.29 is 9.63 Å². The second-order valence-electron chi connectivity index (χ2n) is 2.47. The second kappa shape index (κ2) is 5.90. The average molecular weight is 232 g/mol. The van der Waals surface area contributed by atoms with Crippen LogP contribution in [0.3, 0.4) is 0 Å². The van der Waals surface area contributed by atoms with Crippen LogP contribution < -0.4 is 5.48 Å². The number of rotatable bonds is 4. The van der Waals surface area contributed by atoms with Gasteiger partial charge in [-0.05, 0) is 24.3 Å². The number of hydrogen-bond acceptors (Lipinski definition) is 3. The fraction of sp³-hybridized carbons (Fsp3) is 0.222. The van der Waals surface area contributed by atoms with Crippen LogP contribution in [0, 0.1) is 0 Å². The number of amides is 1. The first kappa shape index (κ1) is 11.4. The van der Waals surface area contributed by atoms with Crippen molar-refractivity contribution in [3.63, 3.8) is 0 Å². The van der Waals surface area contributed by atoms with E-state index in [4.69, 9.17) is 11.6 Å². The first-order chi connectivity index (χ1) is 6.72. The summed E-state index contributed by atoms with van der Waals surface area (Å²) in [7, 11) is 1.41. The average Bonchev–Trinajstić information content (AvgIpc) is 2.17. The molecule has 3 nitrogen and oxygen atoms in total. The number of thioether (sulfide) groups is 1. The molecular formula is C9H10ClNO2S. The predicted octanol–water partition coefficient (Wildman–Crippen LogP) is 2.11. The molecule has 0 aliphatic rings. The number of hydroxylamine groups is 1. The van der Waals surface area contributed by atoms with Gasteiger partial charge < -0.3 is 0 Å². The van der Waals surface area contributed by atoms with E-state index in [9.17, 15) is 4.79 Å². The minimum absolute atomic E-state index is 0.160. The number of nitrogens with one attached hydrogen (secondary N) is 1. The van der Waals surface area contributed by atoms with Crippen molar-refractivity contribution in [2.24, 2.45) is 0 Å². The van der Waals surface area contributed by atoms with E-state index in [1.54, 1.807) is 12.1 Å². The van der Waals surface area contributed by atoms with E-state index in [2.05, 4.69) is 10.3 Å². The number of hydrogen-bond donors (Lipinski definition) is 1. The molecule has 1 amide bonds. The smallest absolute Gasteiger partial charge is 0.253 e. The molecule has 0 saturated heterocycles. The van der Waals surface area contributed by atoms with Crippen molar-refractivity contribution >= 4 is 29.3 Å². The van der Waals surface area contributed by atoms with Crippen LogP contribution in [0.5, 0.6) is 0 Å². The quantitative estimate of drug-likeness (QED) is 0.637. The van der Waals surface area contributed by atoms with Crippen LogP contribution in [0.25, 0.3) is 0 Å². The van der Waals surface area contributed by atoms with Gasteiger partial charge >= 0.3 is 0 Å². The molecule has 0 saturated carbocycles. The number of benzene rings is 1. The third kappa shape index (κ3) is 4.00. The van der Waals surface area contributed by atoms with Crippen LogP contribution in [0.4, 0.5) is 0 Å². The molecule has 0 fully saturated rings. The lowest BCUT2D eigenvalue weighted by Gasteiger charge is -2.01. The van der Waals surface area contributed by atoms with Gasteiger partial charge in [0.15, 0.2) is 0 Å². The number of carbonyl (C=O) groups is 1. The molecule has 0 radical (unpaired) electrons. The SMILES string of the molecule is CONC(=O)CSc1ccc(Cl)cc1. The lowest BCUT2D eigenvalue weighted by atomic mass is 10.4. The number of carbonyl (C=O) groups excluding carboxylic acids is 1. The minimum Gasteiger partial charge on any atom is -0.277 e. The zero-order valence-corrected chi connectivity index (χ0v) is 9.19. The highest BCUT2D eigenvalue weighted by Gasteiger charge is 2.01. The Kier molecular flexibility index (Phi) is 4.79. The fourth-order valence-electron chi connectivity index (χ4n) is 0.823. The zero-order valence-electron chi connectivity index (χ0n) is 7.62. The summed E-state index contributed by atoms with van der Waals surface area (Å²) in [6.07, 6.45) is 0. The minimum atomic E-state index is -0.160. The fourth-order valence-corrected chi connectivity index (χ4v) is 1.63. The summed E-state index contributed by atoms with van der Waals surface area (Å²) < 4.78 is 0. The lowest BCUT2D eigenvalue weighted by Crippen LogP contribution is -2.23. The van der Waals surface area contributed by atoms with Crippen LogP contribution in [-0.2, 0) is 9.63 Å². The molecule has 5 heteroatoms. The number of halogens is 1. The van der Waals surface area contributed by atoms with Gasteiger partial charge in [0, 0.05) is 9.92 Å². The maximum absolute atomic E-state index is 11.0. The van der Waals surface area contributed by atoms with E-state index in [1.165, 1.54) is 18.9 Å². The molecular weight excluding hydrogens is 222 g/mol. The van der Waals surface area contributed by atoms with E-state index in [0.717, 1.165) is 4.90 Å². The van der Waals surface area contributed by atoms with Gasteiger partial charge in [-0.3, -0.25) is 9.63 Å². The normalized spacial score (nSPS) is 9.86. The van der Waals surface area contributed by atoms with E-state index in [0.29, 0.717) is 10.8 Å². The Hall–Kier alpha value is -0.710. The molecule has 0 heterocycles. The summed E-state index contributed by atoms with van der Waals surface area (Å²) >= 11 is 7.14. The van der Waals surface area contributed by atoms with Gasteiger partial charge in [-0.25, -0.2) is 5.48 Å². The maximum atomic E-state index is 11.0. The highest BCUT2D eigenvalue weighted by atomic mass is 35.5. The first-order valence-electron chi connectivity index (χ1n) is 3.92. The topological polar surface area (TPSA) is 38.3 Å². The summed E-state index contributed by atoms with van der Waals surface area (Å²) in [5.41, 5.74) is 2.24. The third-order valence-corrected chi connectivity index (χ3v) is 2.66. The molecule has 76 valence electrons. The summed E-state index contributed by atoms with van der Waals surface area (Å²) in [5.74, 6) is 0.169. The molecule has 1 rings (SSSR count). The van der Waals surface area contributed by atoms with Gasteiger partial charge in [0.05, 0.1) is 12.9 Å². The van der Waals surface area contributed by atoms with Crippen LogP contribution in [0.1, 0.15) is 0 Å². The molecule has 0 aromatic heterocycles. The summed E-state index contributed by atoms with van der Waals surface area (Å²) in [6.45, 7) is 0. The van der Waals surface area contributed by atoms with E-state index in [-0.39, 0.29) is 5.91 Å². The molecule has 0 spiro atoms. The molecule has 0 aliphatic carbocycles. The predicted molar refractivity (Wildman–Crippen MR) is 57.3 cm³/mol. The van der Waals surface area contributed by atoms with E-state index in [1.807, 2.05) is 12.1 Å². The molecule has 0 aliphatic heterocycles. The zero-order chi connectivity index (χ0) is 10.4. The van der Waals surface area contributed by atoms with Gasteiger partial charge in [-0.15, -0.1) is 11.8 Å². The standard InChI is InChI=1S/C9H10ClNO2S/c1-13-11-9(12)6-14-8-4-2-7(10)3-5-8/h2-5H,6H2,1H3,(H,11,12). The Bertz CT molecular complexity index is 302. The highest BCUT2D eigenvalue weighted by molar-refractivity contribution is 8.00. The van der Waals surface area contributed by atoms with Gasteiger partial charge in [0.25, 0.3) is 5.91 Å². The van der Waals surface area contributed by atoms with Crippen molar-refractivity contribution in [2.45, 2.75) is 4.90 Å². The molecule has 1 N–H and O–H groups in total. The van der Waals surface area contributed by atoms with Gasteiger partial charge in [-0.2, -0.15) is 0 Å². The summed E-state index contributed by atoms with van der Waals surface area (Å²) in [5, 5.41) is 0.690. The summed E-state index contributed by atoms with van der Waals surface area (Å²) in [6, 6.07) is 7.32. The molecule has 14 heavy (non-hydrogen) atoms. The van der Waals surface area contributed by atoms with E-state index >= 15 is 0 Å². The largest absolute Gasteiger partial charge is 0.277 e. The van der Waals surface area contributed by atoms with Crippen molar-refractivity contribution in [1.82, 2.24) is 5.48 Å². The molecule has 1 aromatic carbocycles. The van der Waals surface area contributed by atoms with Crippen LogP contribution in [0.2, 0.25) is 5.02 Å². The molecule has 0 atom stereocenters. The third-order valence-electron chi connectivity index (χ3n) is 1.40. The van der Waals surface area contributed by atoms with Gasteiger partial charge in [-0.1, -0.05) is 11.6 Å². The Morgan fingerprint density at radius 2 is 2.14 bits per heavy atom. The van der Waals surface area contributed by atoms with Crippen molar-refractivity contribution in [2.75, 3.05) is 12.9 Å². The Morgan fingerprint density at radius 1 is 1.50 bits per heavy atom. The summed E-state index contributed by atoms with van der Waals surface area (Å²) in [4.78, 5) is 16.5. The molecule has 1 aromatic rings. The van der Waals surface area contributed by atoms with E-state index < -0.39 is 0 Å². The lowest BCUT2D eigenvalue weighted by molar-refractivity contribution is -0.128. The van der Waals surface area contributed by atoms with Gasteiger partial charge in [0.2, 0.25) is 0 Å². The Balaban J connectivity index is 2.38. The van der Waals surface area contributed by atoms with Crippen molar-refractivity contribution in [3.8, 4) is 0 Å². The van der Waals surface area contributed by atoms with Crippen LogP contribution >= 0.6 is 23.4 Å². The Morgan fingerprint density at radius 3 is 2.71 bits per heavy atom. The Labute approximate surface area is 91.7 Å². The van der Waals surface area contributed by atoms with Gasteiger partial charge in [0.1, 0.15) is 0 Å². The second-order valence-corrected chi connectivity index (χ2v) is 3.96. The molecule has 0 unspecified atom stereocenters. The van der Waals surface area contributed by atoms with Crippen molar-refractivity contribution in [1.29, 1.82) is 0 Å². The highest BCUT2D eigenvalue weighted by Crippen LogP contribution is 2.19. The van der Waals surface area contributed by atoms with Crippen LogP contribution in [0.15, 0.2) is 29.2 Å². The first-order valence-corrected chi connectivity index (χ1v) is 5.29.